The van der Waals surface area contributed by atoms with Crippen molar-refractivity contribution in [2.75, 3.05) is 0 Å². The molecule has 0 saturated heterocycles. The van der Waals surface area contributed by atoms with Crippen LogP contribution in [0.4, 0.5) is 0 Å². The molecule has 3 rings (SSSR count). The summed E-state index contributed by atoms with van der Waals surface area (Å²) in [5.74, 6) is 1.30. The number of para-hydroxylation sites is 1. The molecule has 5 heteroatoms. The molecular weight excluding hydrogens is 320 g/mol. The average Bonchev–Trinajstić information content (AvgIpc) is 3.03. The molecule has 4 nitrogen and oxygen atoms in total. The number of fused-ring (bicyclic) bond motifs is 1. The van der Waals surface area contributed by atoms with Gasteiger partial charge in [0.15, 0.2) is 11.5 Å². The van der Waals surface area contributed by atoms with Crippen LogP contribution in [-0.4, -0.2) is 15.3 Å². The van der Waals surface area contributed by atoms with E-state index >= 15 is 0 Å². The summed E-state index contributed by atoms with van der Waals surface area (Å²) in [5, 5.41) is 0.930. The summed E-state index contributed by atoms with van der Waals surface area (Å²) >= 11 is 3.42. The number of aryl methyl sites for hydroxylation is 2. The average molecular weight is 333 g/mol. The number of imidazole rings is 1. The lowest BCUT2D eigenvalue weighted by Crippen LogP contribution is -2.03. The van der Waals surface area contributed by atoms with Crippen LogP contribution in [0.5, 0.6) is 0 Å². The molecule has 20 heavy (non-hydrogen) atoms. The summed E-state index contributed by atoms with van der Waals surface area (Å²) in [7, 11) is 1.92. The van der Waals surface area contributed by atoms with Gasteiger partial charge >= 0.3 is 0 Å². The van der Waals surface area contributed by atoms with Crippen LogP contribution >= 0.6 is 15.9 Å². The van der Waals surface area contributed by atoms with Crippen molar-refractivity contribution in [3.8, 4) is 0 Å². The second-order valence-corrected chi connectivity index (χ2v) is 5.50. The molecule has 0 aliphatic carbocycles. The van der Waals surface area contributed by atoms with Gasteiger partial charge < -0.3 is 8.98 Å². The molecule has 0 bridgehead atoms. The minimum atomic E-state index is -0.00361. The van der Waals surface area contributed by atoms with E-state index in [1.807, 2.05) is 36.0 Å². The summed E-state index contributed by atoms with van der Waals surface area (Å²) in [6, 6.07) is 7.54. The predicted molar refractivity (Wildman–Crippen MR) is 79.8 cm³/mol. The first-order chi connectivity index (χ1) is 9.65. The Balaban J connectivity index is 1.79. The molecule has 2 aromatic heterocycles. The molecule has 0 atom stereocenters. The monoisotopic (exact) mass is 332 g/mol. The van der Waals surface area contributed by atoms with Crippen molar-refractivity contribution >= 4 is 32.7 Å². The molecular formula is C15H13BrN2O2. The van der Waals surface area contributed by atoms with Gasteiger partial charge in [-0.3, -0.25) is 4.79 Å². The number of furan rings is 1. The molecule has 1 aromatic carbocycles. The molecule has 102 valence electrons. The lowest BCUT2D eigenvalue weighted by molar-refractivity contribution is 0.0957. The van der Waals surface area contributed by atoms with Crippen molar-refractivity contribution in [1.82, 2.24) is 9.55 Å². The third kappa shape index (κ3) is 2.41. The highest BCUT2D eigenvalue weighted by atomic mass is 79.9. The van der Waals surface area contributed by atoms with Crippen LogP contribution in [0.1, 0.15) is 22.8 Å². The fourth-order valence-electron chi connectivity index (χ4n) is 2.15. The highest BCUT2D eigenvalue weighted by Crippen LogP contribution is 2.27. The third-order valence-corrected chi connectivity index (χ3v) is 3.89. The Bertz CT molecular complexity index is 773. The molecule has 0 unspecified atom stereocenters. The van der Waals surface area contributed by atoms with Gasteiger partial charge in [0, 0.05) is 37.7 Å². The number of hydrogen-bond acceptors (Lipinski definition) is 3. The van der Waals surface area contributed by atoms with Crippen molar-refractivity contribution in [3.63, 3.8) is 0 Å². The first-order valence-corrected chi connectivity index (χ1v) is 7.12. The van der Waals surface area contributed by atoms with Gasteiger partial charge in [-0.05, 0) is 28.1 Å². The summed E-state index contributed by atoms with van der Waals surface area (Å²) in [6.45, 7) is 0. The van der Waals surface area contributed by atoms with Gasteiger partial charge in [-0.25, -0.2) is 4.98 Å². The SMILES string of the molecule is Cn1ccnc1CCC(=O)c1cc2cccc(Br)c2o1. The fourth-order valence-corrected chi connectivity index (χ4v) is 2.61. The van der Waals surface area contributed by atoms with Gasteiger partial charge in [0.05, 0.1) is 4.47 Å². The van der Waals surface area contributed by atoms with Gasteiger partial charge in [-0.2, -0.15) is 0 Å². The highest BCUT2D eigenvalue weighted by molar-refractivity contribution is 9.10. The second kappa shape index (κ2) is 5.25. The zero-order chi connectivity index (χ0) is 14.1. The molecule has 0 N–H and O–H groups in total. The summed E-state index contributed by atoms with van der Waals surface area (Å²) in [6.07, 6.45) is 4.61. The van der Waals surface area contributed by atoms with Gasteiger partial charge in [0.2, 0.25) is 0 Å². The van der Waals surface area contributed by atoms with E-state index in [2.05, 4.69) is 20.9 Å². The number of nitrogens with zero attached hydrogens (tertiary/aromatic N) is 2. The van der Waals surface area contributed by atoms with Crippen molar-refractivity contribution in [2.24, 2.45) is 7.05 Å². The topological polar surface area (TPSA) is 48.0 Å². The number of ketones is 1. The molecule has 0 radical (unpaired) electrons. The Kier molecular flexibility index (Phi) is 3.44. The molecule has 0 saturated carbocycles. The van der Waals surface area contributed by atoms with E-state index in [9.17, 15) is 4.79 Å². The third-order valence-electron chi connectivity index (χ3n) is 3.27. The standard InChI is InChI=1S/C15H13BrN2O2/c1-18-8-7-17-14(18)6-5-12(19)13-9-10-3-2-4-11(16)15(10)20-13/h2-4,7-9H,5-6H2,1H3. The number of Topliss-reactive ketones (excluding diaryl/α,β-unsaturated/α-hetero) is 1. The van der Waals surface area contributed by atoms with Gasteiger partial charge in [-0.1, -0.05) is 12.1 Å². The Hall–Kier alpha value is -1.88. The van der Waals surface area contributed by atoms with Gasteiger partial charge in [0.25, 0.3) is 0 Å². The largest absolute Gasteiger partial charge is 0.452 e. The number of rotatable bonds is 4. The van der Waals surface area contributed by atoms with Crippen LogP contribution in [0.15, 0.2) is 45.5 Å². The number of hydrogen-bond donors (Lipinski definition) is 0. The number of halogens is 1. The van der Waals surface area contributed by atoms with E-state index in [1.54, 1.807) is 12.3 Å². The smallest absolute Gasteiger partial charge is 0.198 e. The summed E-state index contributed by atoms with van der Waals surface area (Å²) < 4.78 is 8.42. The normalized spacial score (nSPS) is 11.1. The maximum absolute atomic E-state index is 12.2. The number of carbonyl (C=O) groups excluding carboxylic acids is 1. The van der Waals surface area contributed by atoms with Gasteiger partial charge in [-0.15, -0.1) is 0 Å². The first-order valence-electron chi connectivity index (χ1n) is 6.32. The summed E-state index contributed by atoms with van der Waals surface area (Å²) in [4.78, 5) is 16.4. The summed E-state index contributed by atoms with van der Waals surface area (Å²) in [5.41, 5.74) is 0.716. The van der Waals surface area contributed by atoms with Crippen molar-refractivity contribution in [2.45, 2.75) is 12.8 Å². The van der Waals surface area contributed by atoms with E-state index < -0.39 is 0 Å². The number of carbonyl (C=O) groups is 1. The lowest BCUT2D eigenvalue weighted by atomic mass is 10.1. The van der Waals surface area contributed by atoms with Crippen LogP contribution in [0, 0.1) is 0 Å². The van der Waals surface area contributed by atoms with Crippen molar-refractivity contribution in [1.29, 1.82) is 0 Å². The lowest BCUT2D eigenvalue weighted by Gasteiger charge is -1.99. The fraction of sp³-hybridized carbons (Fsp3) is 0.200. The molecule has 2 heterocycles. The molecule has 0 aliphatic heterocycles. The van der Waals surface area contributed by atoms with E-state index in [0.717, 1.165) is 15.7 Å². The van der Waals surface area contributed by atoms with Crippen molar-refractivity contribution in [3.05, 3.63) is 52.7 Å². The number of benzene rings is 1. The minimum absolute atomic E-state index is 0.00361. The Morgan fingerprint density at radius 3 is 3.00 bits per heavy atom. The molecule has 3 aromatic rings. The zero-order valence-electron chi connectivity index (χ0n) is 11.0. The maximum Gasteiger partial charge on any atom is 0.198 e. The maximum atomic E-state index is 12.2. The first kappa shape index (κ1) is 13.1. The Labute approximate surface area is 124 Å². The molecule has 0 spiro atoms. The Morgan fingerprint density at radius 2 is 2.30 bits per heavy atom. The zero-order valence-corrected chi connectivity index (χ0v) is 12.6. The van der Waals surface area contributed by atoms with E-state index in [0.29, 0.717) is 24.2 Å². The van der Waals surface area contributed by atoms with Crippen LogP contribution in [0.3, 0.4) is 0 Å². The van der Waals surface area contributed by atoms with Crippen LogP contribution in [0.25, 0.3) is 11.0 Å². The minimum Gasteiger partial charge on any atom is -0.452 e. The van der Waals surface area contributed by atoms with Crippen LogP contribution in [0.2, 0.25) is 0 Å². The van der Waals surface area contributed by atoms with E-state index in [4.69, 9.17) is 4.42 Å². The van der Waals surface area contributed by atoms with E-state index in [1.165, 1.54) is 0 Å². The highest BCUT2D eigenvalue weighted by Gasteiger charge is 2.14. The van der Waals surface area contributed by atoms with Crippen LogP contribution < -0.4 is 0 Å². The number of aromatic nitrogens is 2. The quantitative estimate of drug-likeness (QED) is 0.683. The molecule has 0 fully saturated rings. The van der Waals surface area contributed by atoms with Gasteiger partial charge in [0.1, 0.15) is 11.4 Å². The predicted octanol–water partition coefficient (Wildman–Crippen LogP) is 3.74. The van der Waals surface area contributed by atoms with E-state index in [-0.39, 0.29) is 5.78 Å². The Morgan fingerprint density at radius 1 is 1.45 bits per heavy atom. The second-order valence-electron chi connectivity index (χ2n) is 4.65. The molecule has 0 aliphatic rings. The molecule has 0 amide bonds. The van der Waals surface area contributed by atoms with Crippen LogP contribution in [-0.2, 0) is 13.5 Å². The van der Waals surface area contributed by atoms with Crippen molar-refractivity contribution < 1.29 is 9.21 Å².